The molecule has 1 saturated heterocycles. The molecule has 20 heavy (non-hydrogen) atoms. The molecule has 2 heterocycles. The molecule has 0 bridgehead atoms. The summed E-state index contributed by atoms with van der Waals surface area (Å²) < 4.78 is 10.6. The Hall–Kier alpha value is -1.75. The van der Waals surface area contributed by atoms with Crippen LogP contribution in [-0.2, 0) is 11.2 Å². The van der Waals surface area contributed by atoms with Gasteiger partial charge in [0.05, 0.1) is 6.42 Å². The summed E-state index contributed by atoms with van der Waals surface area (Å²) in [4.78, 5) is 14.2. The zero-order chi connectivity index (χ0) is 14.2. The number of amides is 1. The van der Waals surface area contributed by atoms with Crippen LogP contribution in [0.4, 0.5) is 0 Å². The van der Waals surface area contributed by atoms with E-state index in [0.717, 1.165) is 36.6 Å². The molecule has 1 atom stereocenters. The predicted molar refractivity (Wildman–Crippen MR) is 74.6 cm³/mol. The van der Waals surface area contributed by atoms with E-state index >= 15 is 0 Å². The molecule has 1 fully saturated rings. The van der Waals surface area contributed by atoms with Crippen LogP contribution in [0.15, 0.2) is 18.2 Å². The Labute approximate surface area is 118 Å². The lowest BCUT2D eigenvalue weighted by atomic mass is 9.90. The average Bonchev–Trinajstić information content (AvgIpc) is 3.05. The van der Waals surface area contributed by atoms with Crippen LogP contribution < -0.4 is 15.2 Å². The zero-order valence-electron chi connectivity index (χ0n) is 11.7. The number of fused-ring (bicyclic) bond motifs is 1. The molecule has 0 saturated carbocycles. The first-order valence-corrected chi connectivity index (χ1v) is 6.96. The van der Waals surface area contributed by atoms with E-state index in [4.69, 9.17) is 15.2 Å². The summed E-state index contributed by atoms with van der Waals surface area (Å²) >= 11 is 0. The summed E-state index contributed by atoms with van der Waals surface area (Å²) in [5.41, 5.74) is 6.81. The van der Waals surface area contributed by atoms with Crippen molar-refractivity contribution in [3.63, 3.8) is 0 Å². The first kappa shape index (κ1) is 13.2. The molecular weight excluding hydrogens is 256 g/mol. The third-order valence-electron chi connectivity index (χ3n) is 4.20. The Balaban J connectivity index is 1.65. The minimum absolute atomic E-state index is 0.0740. The van der Waals surface area contributed by atoms with Gasteiger partial charge in [-0.3, -0.25) is 4.79 Å². The Bertz CT molecular complexity index is 532. The van der Waals surface area contributed by atoms with Crippen molar-refractivity contribution in [1.82, 2.24) is 4.90 Å². The average molecular weight is 276 g/mol. The topological polar surface area (TPSA) is 64.8 Å². The van der Waals surface area contributed by atoms with E-state index in [1.165, 1.54) is 0 Å². The molecule has 1 aromatic rings. The van der Waals surface area contributed by atoms with Crippen LogP contribution in [0.2, 0.25) is 0 Å². The Kier molecular flexibility index (Phi) is 3.30. The highest BCUT2D eigenvalue weighted by Gasteiger charge is 2.34. The summed E-state index contributed by atoms with van der Waals surface area (Å²) in [5.74, 6) is 1.63. The van der Waals surface area contributed by atoms with Gasteiger partial charge in [0.1, 0.15) is 0 Å². The maximum Gasteiger partial charge on any atom is 0.231 e. The summed E-state index contributed by atoms with van der Waals surface area (Å²) in [5, 5.41) is 0. The Morgan fingerprint density at radius 2 is 2.20 bits per heavy atom. The molecule has 2 aliphatic heterocycles. The van der Waals surface area contributed by atoms with E-state index in [2.05, 4.69) is 6.92 Å². The van der Waals surface area contributed by atoms with E-state index < -0.39 is 0 Å². The number of rotatable bonds is 3. The third kappa shape index (κ3) is 2.45. The van der Waals surface area contributed by atoms with Crippen molar-refractivity contribution in [2.24, 2.45) is 11.1 Å². The van der Waals surface area contributed by atoms with Gasteiger partial charge in [-0.1, -0.05) is 13.0 Å². The number of likely N-dealkylation sites (tertiary alicyclic amines) is 1. The van der Waals surface area contributed by atoms with Crippen LogP contribution in [0.3, 0.4) is 0 Å². The minimum atomic E-state index is 0.0740. The van der Waals surface area contributed by atoms with Crippen LogP contribution in [0.25, 0.3) is 0 Å². The predicted octanol–water partition coefficient (Wildman–Crippen LogP) is 1.16. The van der Waals surface area contributed by atoms with E-state index in [1.54, 1.807) is 0 Å². The largest absolute Gasteiger partial charge is 0.454 e. The lowest BCUT2D eigenvalue weighted by Crippen LogP contribution is -2.35. The van der Waals surface area contributed by atoms with Crippen LogP contribution in [-0.4, -0.2) is 37.2 Å². The smallest absolute Gasteiger partial charge is 0.231 e. The van der Waals surface area contributed by atoms with Gasteiger partial charge < -0.3 is 20.1 Å². The molecule has 3 rings (SSSR count). The second kappa shape index (κ2) is 4.98. The summed E-state index contributed by atoms with van der Waals surface area (Å²) in [6.45, 7) is 4.58. The molecule has 0 aromatic heterocycles. The highest BCUT2D eigenvalue weighted by molar-refractivity contribution is 5.79. The van der Waals surface area contributed by atoms with Crippen molar-refractivity contribution in [3.05, 3.63) is 23.8 Å². The molecule has 1 unspecified atom stereocenters. The van der Waals surface area contributed by atoms with Gasteiger partial charge in [-0.15, -0.1) is 0 Å². The maximum atomic E-state index is 12.3. The minimum Gasteiger partial charge on any atom is -0.454 e. The van der Waals surface area contributed by atoms with Crippen molar-refractivity contribution in [2.75, 3.05) is 26.4 Å². The van der Waals surface area contributed by atoms with E-state index in [0.29, 0.717) is 13.0 Å². The van der Waals surface area contributed by atoms with Crippen LogP contribution >= 0.6 is 0 Å². The second-order valence-electron chi connectivity index (χ2n) is 5.94. The van der Waals surface area contributed by atoms with Crippen LogP contribution in [0.5, 0.6) is 11.5 Å². The lowest BCUT2D eigenvalue weighted by Gasteiger charge is -2.22. The van der Waals surface area contributed by atoms with E-state index in [9.17, 15) is 4.79 Å². The number of carbonyl (C=O) groups excluding carboxylic acids is 1. The molecular formula is C15H20N2O3. The molecule has 0 radical (unpaired) electrons. The van der Waals surface area contributed by atoms with Gasteiger partial charge in [0.15, 0.2) is 11.5 Å². The van der Waals surface area contributed by atoms with E-state index in [-0.39, 0.29) is 18.1 Å². The molecule has 2 aliphatic rings. The van der Waals surface area contributed by atoms with Gasteiger partial charge in [-0.25, -0.2) is 0 Å². The standard InChI is InChI=1S/C15H20N2O3/c1-15(8-16)4-5-17(9-15)14(18)7-11-2-3-12-13(6-11)20-10-19-12/h2-3,6H,4-5,7-10,16H2,1H3. The number of carbonyl (C=O) groups is 1. The lowest BCUT2D eigenvalue weighted by molar-refractivity contribution is -0.129. The van der Waals surface area contributed by atoms with Crippen molar-refractivity contribution in [2.45, 2.75) is 19.8 Å². The maximum absolute atomic E-state index is 12.3. The molecule has 108 valence electrons. The fraction of sp³-hybridized carbons (Fsp3) is 0.533. The van der Waals surface area contributed by atoms with E-state index in [1.807, 2.05) is 23.1 Å². The second-order valence-corrected chi connectivity index (χ2v) is 5.94. The number of ether oxygens (including phenoxy) is 2. The fourth-order valence-corrected chi connectivity index (χ4v) is 2.74. The Morgan fingerprint density at radius 1 is 1.40 bits per heavy atom. The zero-order valence-corrected chi connectivity index (χ0v) is 11.7. The van der Waals surface area contributed by atoms with Gasteiger partial charge in [0.2, 0.25) is 12.7 Å². The molecule has 1 aromatic carbocycles. The molecule has 0 spiro atoms. The van der Waals surface area contributed by atoms with Gasteiger partial charge in [0.25, 0.3) is 0 Å². The molecule has 1 amide bonds. The molecule has 5 nitrogen and oxygen atoms in total. The number of nitrogens with two attached hydrogens (primary N) is 1. The van der Waals surface area contributed by atoms with Crippen molar-refractivity contribution in [3.8, 4) is 11.5 Å². The number of benzene rings is 1. The van der Waals surface area contributed by atoms with Gasteiger partial charge in [-0.05, 0) is 36.1 Å². The summed E-state index contributed by atoms with van der Waals surface area (Å²) in [6, 6.07) is 5.67. The highest BCUT2D eigenvalue weighted by Crippen LogP contribution is 2.33. The van der Waals surface area contributed by atoms with Crippen LogP contribution in [0, 0.1) is 5.41 Å². The first-order chi connectivity index (χ1) is 9.59. The van der Waals surface area contributed by atoms with Crippen LogP contribution in [0.1, 0.15) is 18.9 Å². The molecule has 2 N–H and O–H groups in total. The highest BCUT2D eigenvalue weighted by atomic mass is 16.7. The fourth-order valence-electron chi connectivity index (χ4n) is 2.74. The summed E-state index contributed by atoms with van der Waals surface area (Å²) in [7, 11) is 0. The number of nitrogens with zero attached hydrogens (tertiary/aromatic N) is 1. The first-order valence-electron chi connectivity index (χ1n) is 6.96. The quantitative estimate of drug-likeness (QED) is 0.899. The number of hydrogen-bond donors (Lipinski definition) is 1. The van der Waals surface area contributed by atoms with Gasteiger partial charge in [-0.2, -0.15) is 0 Å². The SMILES string of the molecule is CC1(CN)CCN(C(=O)Cc2ccc3c(c2)OCO3)C1. The van der Waals surface area contributed by atoms with Crippen molar-refractivity contribution < 1.29 is 14.3 Å². The van der Waals surface area contributed by atoms with Crippen molar-refractivity contribution >= 4 is 5.91 Å². The normalized spacial score (nSPS) is 24.2. The Morgan fingerprint density at radius 3 is 2.95 bits per heavy atom. The number of hydrogen-bond acceptors (Lipinski definition) is 4. The molecule has 0 aliphatic carbocycles. The monoisotopic (exact) mass is 276 g/mol. The van der Waals surface area contributed by atoms with Gasteiger partial charge >= 0.3 is 0 Å². The summed E-state index contributed by atoms with van der Waals surface area (Å²) in [6.07, 6.45) is 1.38. The molecule has 5 heteroatoms. The van der Waals surface area contributed by atoms with Gasteiger partial charge in [0, 0.05) is 13.1 Å². The van der Waals surface area contributed by atoms with Crippen molar-refractivity contribution in [1.29, 1.82) is 0 Å². The third-order valence-corrected chi connectivity index (χ3v) is 4.20.